The molecule has 0 spiro atoms. The topological polar surface area (TPSA) is 84.2 Å². The Bertz CT molecular complexity index is 154. The Hall–Kier alpha value is -0.200. The Labute approximate surface area is 70.9 Å². The fraction of sp³-hybridized carbons (Fsp3) is 1.00. The van der Waals surface area contributed by atoms with E-state index in [9.17, 15) is 15.3 Å². The summed E-state index contributed by atoms with van der Waals surface area (Å²) < 4.78 is 0. The van der Waals surface area contributed by atoms with Crippen molar-refractivity contribution in [2.45, 2.75) is 24.4 Å². The number of hydrogen-bond acceptors (Lipinski definition) is 5. The molecule has 12 heavy (non-hydrogen) atoms. The van der Waals surface area contributed by atoms with E-state index < -0.39 is 24.4 Å². The van der Waals surface area contributed by atoms with Crippen LogP contribution in [-0.4, -0.2) is 69.9 Å². The van der Waals surface area contributed by atoms with Gasteiger partial charge >= 0.3 is 0 Å². The van der Waals surface area contributed by atoms with E-state index >= 15 is 0 Å². The Morgan fingerprint density at radius 1 is 1.25 bits per heavy atom. The van der Waals surface area contributed by atoms with E-state index in [-0.39, 0.29) is 13.2 Å². The van der Waals surface area contributed by atoms with Crippen molar-refractivity contribution in [2.75, 3.05) is 20.2 Å². The molecule has 1 heterocycles. The van der Waals surface area contributed by atoms with Crippen LogP contribution in [0.25, 0.3) is 0 Å². The van der Waals surface area contributed by atoms with E-state index in [2.05, 4.69) is 0 Å². The molecule has 0 bridgehead atoms. The molecule has 1 aliphatic heterocycles. The van der Waals surface area contributed by atoms with E-state index in [0.29, 0.717) is 0 Å². The second-order valence-electron chi connectivity index (χ2n) is 3.24. The summed E-state index contributed by atoms with van der Waals surface area (Å²) in [5, 5.41) is 36.6. The minimum atomic E-state index is -1.15. The van der Waals surface area contributed by atoms with Crippen LogP contribution in [-0.2, 0) is 0 Å². The lowest BCUT2D eigenvalue weighted by atomic mass is 9.95. The van der Waals surface area contributed by atoms with Gasteiger partial charge in [0.1, 0.15) is 12.2 Å². The van der Waals surface area contributed by atoms with Crippen LogP contribution in [0.4, 0.5) is 0 Å². The molecule has 0 saturated carbocycles. The second-order valence-corrected chi connectivity index (χ2v) is 3.24. The van der Waals surface area contributed by atoms with Gasteiger partial charge in [-0.25, -0.2) is 0 Å². The zero-order valence-electron chi connectivity index (χ0n) is 6.96. The third-order valence-electron chi connectivity index (χ3n) is 2.37. The first kappa shape index (κ1) is 9.88. The van der Waals surface area contributed by atoms with Gasteiger partial charge in [-0.2, -0.15) is 0 Å². The number of aliphatic hydroxyl groups is 4. The summed E-state index contributed by atoms with van der Waals surface area (Å²) in [7, 11) is 1.68. The lowest BCUT2D eigenvalue weighted by Gasteiger charge is -2.40. The molecule has 0 radical (unpaired) electrons. The molecule has 0 aromatic carbocycles. The van der Waals surface area contributed by atoms with Crippen molar-refractivity contribution in [1.82, 2.24) is 4.90 Å². The monoisotopic (exact) mass is 177 g/mol. The first-order chi connectivity index (χ1) is 5.57. The third kappa shape index (κ3) is 1.60. The number of likely N-dealkylation sites (tertiary alicyclic amines) is 1. The van der Waals surface area contributed by atoms with E-state index in [1.165, 1.54) is 0 Å². The maximum absolute atomic E-state index is 9.37. The molecule has 4 N–H and O–H groups in total. The summed E-state index contributed by atoms with van der Waals surface area (Å²) in [4.78, 5) is 1.63. The van der Waals surface area contributed by atoms with Crippen LogP contribution in [0.2, 0.25) is 0 Å². The zero-order valence-corrected chi connectivity index (χ0v) is 6.96. The fourth-order valence-corrected chi connectivity index (χ4v) is 1.50. The first-order valence-electron chi connectivity index (χ1n) is 3.93. The number of aliphatic hydroxyl groups excluding tert-OH is 4. The largest absolute Gasteiger partial charge is 0.395 e. The predicted molar refractivity (Wildman–Crippen MR) is 41.5 cm³/mol. The van der Waals surface area contributed by atoms with Gasteiger partial charge in [-0.05, 0) is 7.05 Å². The van der Waals surface area contributed by atoms with Gasteiger partial charge in [-0.15, -0.1) is 0 Å². The third-order valence-corrected chi connectivity index (χ3v) is 2.37. The summed E-state index contributed by atoms with van der Waals surface area (Å²) in [6, 6.07) is -0.483. The van der Waals surface area contributed by atoms with Crippen molar-refractivity contribution in [1.29, 1.82) is 0 Å². The Balaban J connectivity index is 2.65. The first-order valence-corrected chi connectivity index (χ1v) is 3.93. The summed E-state index contributed by atoms with van der Waals surface area (Å²) >= 11 is 0. The molecule has 3 unspecified atom stereocenters. The molecule has 72 valence electrons. The molecule has 1 saturated heterocycles. The van der Waals surface area contributed by atoms with E-state index in [4.69, 9.17) is 5.11 Å². The highest BCUT2D eigenvalue weighted by Crippen LogP contribution is 2.16. The Kier molecular flexibility index (Phi) is 3.03. The van der Waals surface area contributed by atoms with Crippen molar-refractivity contribution >= 4 is 0 Å². The van der Waals surface area contributed by atoms with Gasteiger partial charge in [0.25, 0.3) is 0 Å². The smallest absolute Gasteiger partial charge is 0.109 e. The molecule has 5 nitrogen and oxygen atoms in total. The minimum absolute atomic E-state index is 0.221. The molecule has 4 atom stereocenters. The van der Waals surface area contributed by atoms with Gasteiger partial charge in [-0.1, -0.05) is 0 Å². The van der Waals surface area contributed by atoms with Crippen molar-refractivity contribution < 1.29 is 20.4 Å². The van der Waals surface area contributed by atoms with Crippen LogP contribution in [0.3, 0.4) is 0 Å². The highest BCUT2D eigenvalue weighted by Gasteiger charge is 2.39. The second kappa shape index (κ2) is 3.68. The minimum Gasteiger partial charge on any atom is -0.395 e. The van der Waals surface area contributed by atoms with Gasteiger partial charge in [-0.3, -0.25) is 4.90 Å². The highest BCUT2D eigenvalue weighted by atomic mass is 16.4. The summed E-state index contributed by atoms with van der Waals surface area (Å²) in [6.45, 7) is 0.0465. The van der Waals surface area contributed by atoms with Crippen molar-refractivity contribution in [3.05, 3.63) is 0 Å². The van der Waals surface area contributed by atoms with Crippen LogP contribution in [0, 0.1) is 0 Å². The number of hydrogen-bond donors (Lipinski definition) is 4. The molecular formula is C7H15NO4. The number of likely N-dealkylation sites (N-methyl/N-ethyl adjacent to an activating group) is 1. The van der Waals surface area contributed by atoms with Crippen LogP contribution >= 0.6 is 0 Å². The van der Waals surface area contributed by atoms with Gasteiger partial charge in [0, 0.05) is 6.54 Å². The predicted octanol–water partition coefficient (Wildman–Crippen LogP) is -2.62. The molecule has 0 aromatic rings. The summed E-state index contributed by atoms with van der Waals surface area (Å²) in [5.41, 5.74) is 0. The van der Waals surface area contributed by atoms with Crippen LogP contribution in [0.5, 0.6) is 0 Å². The van der Waals surface area contributed by atoms with E-state index in [1.807, 2.05) is 0 Å². The molecule has 0 aromatic heterocycles. The van der Waals surface area contributed by atoms with E-state index in [0.717, 1.165) is 0 Å². The van der Waals surface area contributed by atoms with Gasteiger partial charge in [0.05, 0.1) is 18.8 Å². The molecule has 0 amide bonds. The maximum atomic E-state index is 9.37. The number of piperidine rings is 1. The van der Waals surface area contributed by atoms with Crippen molar-refractivity contribution in [2.24, 2.45) is 0 Å². The zero-order chi connectivity index (χ0) is 9.30. The van der Waals surface area contributed by atoms with E-state index in [1.54, 1.807) is 11.9 Å². The molecule has 5 heteroatoms. The van der Waals surface area contributed by atoms with Crippen molar-refractivity contribution in [3.63, 3.8) is 0 Å². The van der Waals surface area contributed by atoms with Gasteiger partial charge in [0.15, 0.2) is 0 Å². The molecule has 1 fully saturated rings. The number of β-amino-alcohol motifs (C(OH)–C–C–N with tert-alkyl or cyclic N) is 1. The summed E-state index contributed by atoms with van der Waals surface area (Å²) in [6.07, 6.45) is -3.17. The molecule has 1 rings (SSSR count). The lowest BCUT2D eigenvalue weighted by Crippen LogP contribution is -2.61. The summed E-state index contributed by atoms with van der Waals surface area (Å²) in [5.74, 6) is 0. The fourth-order valence-electron chi connectivity index (χ4n) is 1.50. The standard InChI is InChI=1S/C7H15NO4/c1-8-2-5(10)7(12)6(11)4(8)3-9/h4-7,9-12H,2-3H2,1H3/t4?,5?,6-,7?/m0/s1. The normalized spacial score (nSPS) is 44.8. The van der Waals surface area contributed by atoms with Crippen LogP contribution < -0.4 is 0 Å². The maximum Gasteiger partial charge on any atom is 0.109 e. The highest BCUT2D eigenvalue weighted by molar-refractivity contribution is 4.92. The quantitative estimate of drug-likeness (QED) is 0.352. The van der Waals surface area contributed by atoms with Gasteiger partial charge in [0.2, 0.25) is 0 Å². The van der Waals surface area contributed by atoms with Crippen LogP contribution in [0.1, 0.15) is 0 Å². The molecule has 0 aliphatic carbocycles. The molecule has 1 aliphatic rings. The molecular weight excluding hydrogens is 162 g/mol. The Morgan fingerprint density at radius 2 is 1.83 bits per heavy atom. The lowest BCUT2D eigenvalue weighted by molar-refractivity contribution is -0.138. The van der Waals surface area contributed by atoms with Gasteiger partial charge < -0.3 is 20.4 Å². The van der Waals surface area contributed by atoms with Crippen LogP contribution in [0.15, 0.2) is 0 Å². The number of nitrogens with zero attached hydrogens (tertiary/aromatic N) is 1. The average molecular weight is 177 g/mol. The number of rotatable bonds is 1. The Morgan fingerprint density at radius 3 is 2.33 bits per heavy atom. The van der Waals surface area contributed by atoms with Crippen molar-refractivity contribution in [3.8, 4) is 0 Å². The SMILES string of the molecule is CN1CC(O)C(O)[C@@H](O)C1CO. The average Bonchev–Trinajstić information content (AvgIpc) is 2.01.